The first kappa shape index (κ1) is 24.5. The van der Waals surface area contributed by atoms with Crippen LogP contribution >= 0.6 is 11.3 Å². The van der Waals surface area contributed by atoms with Crippen LogP contribution in [0.2, 0.25) is 0 Å². The van der Waals surface area contributed by atoms with Crippen LogP contribution in [0.4, 0.5) is 21.6 Å². The Balaban J connectivity index is 1.34. The van der Waals surface area contributed by atoms with Gasteiger partial charge >= 0.3 is 6.09 Å². The van der Waals surface area contributed by atoms with E-state index in [9.17, 15) is 4.79 Å². The van der Waals surface area contributed by atoms with Crippen LogP contribution < -0.4 is 15.0 Å². The van der Waals surface area contributed by atoms with E-state index in [1.807, 2.05) is 69.5 Å². The number of thiazole rings is 1. The van der Waals surface area contributed by atoms with E-state index >= 15 is 0 Å². The first-order chi connectivity index (χ1) is 16.8. The van der Waals surface area contributed by atoms with E-state index in [2.05, 4.69) is 25.2 Å². The summed E-state index contributed by atoms with van der Waals surface area (Å²) < 4.78 is 10.7. The minimum atomic E-state index is -0.498. The zero-order valence-electron chi connectivity index (χ0n) is 20.4. The Morgan fingerprint density at radius 3 is 2.63 bits per heavy atom. The van der Waals surface area contributed by atoms with Gasteiger partial charge in [-0.1, -0.05) is 29.5 Å². The number of aromatic nitrogens is 3. The van der Waals surface area contributed by atoms with Crippen LogP contribution in [0.1, 0.15) is 31.2 Å². The number of amides is 1. The number of rotatable bonds is 6. The predicted octanol–water partition coefficient (Wildman–Crippen LogP) is 4.91. The molecular weight excluding hydrogens is 464 g/mol. The maximum Gasteiger partial charge on any atom is 0.410 e. The summed E-state index contributed by atoms with van der Waals surface area (Å²) in [5.41, 5.74) is 0.557. The third kappa shape index (κ3) is 6.92. The van der Waals surface area contributed by atoms with Gasteiger partial charge < -0.3 is 24.6 Å². The van der Waals surface area contributed by atoms with E-state index in [1.54, 1.807) is 12.0 Å². The van der Waals surface area contributed by atoms with Gasteiger partial charge in [0.25, 0.3) is 0 Å². The van der Waals surface area contributed by atoms with Crippen LogP contribution in [0, 0.1) is 0 Å². The van der Waals surface area contributed by atoms with Crippen molar-refractivity contribution in [1.29, 1.82) is 0 Å². The molecule has 3 heterocycles. The van der Waals surface area contributed by atoms with Crippen molar-refractivity contribution >= 4 is 46.3 Å². The number of piperazine rings is 1. The second kappa shape index (κ2) is 10.7. The molecule has 0 radical (unpaired) electrons. The first-order valence-electron chi connectivity index (χ1n) is 11.4. The van der Waals surface area contributed by atoms with E-state index in [4.69, 9.17) is 9.47 Å². The molecule has 1 N–H and O–H groups in total. The van der Waals surface area contributed by atoms with Gasteiger partial charge in [0.1, 0.15) is 29.3 Å². The van der Waals surface area contributed by atoms with Gasteiger partial charge in [-0.25, -0.2) is 19.7 Å². The van der Waals surface area contributed by atoms with Crippen LogP contribution in [-0.2, 0) is 4.74 Å². The van der Waals surface area contributed by atoms with Crippen molar-refractivity contribution in [2.75, 3.05) is 43.5 Å². The van der Waals surface area contributed by atoms with E-state index in [-0.39, 0.29) is 6.09 Å². The van der Waals surface area contributed by atoms with E-state index in [0.29, 0.717) is 32.0 Å². The molecule has 1 amide bonds. The van der Waals surface area contributed by atoms with Gasteiger partial charge in [-0.3, -0.25) is 0 Å². The molecule has 4 rings (SSSR count). The summed E-state index contributed by atoms with van der Waals surface area (Å²) in [5.74, 6) is 2.30. The van der Waals surface area contributed by atoms with Crippen molar-refractivity contribution in [3.8, 4) is 5.75 Å². The zero-order chi connectivity index (χ0) is 24.8. The fourth-order valence-electron chi connectivity index (χ4n) is 3.49. The molecule has 0 unspecified atom stereocenters. The van der Waals surface area contributed by atoms with Crippen molar-refractivity contribution < 1.29 is 14.3 Å². The molecule has 35 heavy (non-hydrogen) atoms. The summed E-state index contributed by atoms with van der Waals surface area (Å²) >= 11 is 1.53. The molecule has 1 aromatic carbocycles. The van der Waals surface area contributed by atoms with E-state index < -0.39 is 5.60 Å². The Kier molecular flexibility index (Phi) is 7.50. The highest BCUT2D eigenvalue weighted by Gasteiger charge is 2.26. The number of hydrogen-bond donors (Lipinski definition) is 1. The summed E-state index contributed by atoms with van der Waals surface area (Å²) in [6, 6.07) is 9.78. The molecule has 184 valence electrons. The van der Waals surface area contributed by atoms with Crippen molar-refractivity contribution in [2.45, 2.75) is 26.4 Å². The summed E-state index contributed by atoms with van der Waals surface area (Å²) in [4.78, 5) is 30.4. The molecule has 0 atom stereocenters. The summed E-state index contributed by atoms with van der Waals surface area (Å²) in [6.45, 7) is 8.13. The number of hydrogen-bond acceptors (Lipinski definition) is 9. The topological polar surface area (TPSA) is 92.7 Å². The number of nitrogens with zero attached hydrogens (tertiary/aromatic N) is 5. The maximum absolute atomic E-state index is 12.3. The maximum atomic E-state index is 12.3. The number of carbonyl (C=O) groups excluding carboxylic acids is 1. The molecule has 0 saturated carbocycles. The van der Waals surface area contributed by atoms with Crippen LogP contribution in [0.5, 0.6) is 5.75 Å². The Bertz CT molecular complexity index is 1180. The molecule has 1 aliphatic heterocycles. The molecular formula is C25H30N6O3S. The lowest BCUT2D eigenvalue weighted by atomic mass is 10.2. The normalized spacial score (nSPS) is 14.3. The number of methoxy groups -OCH3 is 1. The minimum absolute atomic E-state index is 0.276. The van der Waals surface area contributed by atoms with Crippen LogP contribution in [0.3, 0.4) is 0 Å². The highest BCUT2D eigenvalue weighted by molar-refractivity contribution is 7.16. The Morgan fingerprint density at radius 2 is 1.89 bits per heavy atom. The van der Waals surface area contributed by atoms with Crippen molar-refractivity contribution in [2.24, 2.45) is 0 Å². The monoisotopic (exact) mass is 494 g/mol. The first-order valence-corrected chi connectivity index (χ1v) is 12.2. The Morgan fingerprint density at radius 1 is 1.09 bits per heavy atom. The SMILES string of the molecule is COc1cccc(/C=C/c2cnc(Nc3cc(N4CCN(C(=O)OC(C)(C)C)CC4)ncn3)s2)c1. The van der Waals surface area contributed by atoms with Crippen LogP contribution in [0.15, 0.2) is 42.9 Å². The molecule has 0 spiro atoms. The van der Waals surface area contributed by atoms with Crippen molar-refractivity contribution in [1.82, 2.24) is 19.9 Å². The molecule has 9 nitrogen and oxygen atoms in total. The molecule has 0 aliphatic carbocycles. The summed E-state index contributed by atoms with van der Waals surface area (Å²) in [6.07, 6.45) is 7.13. The molecule has 1 fully saturated rings. The molecule has 2 aromatic heterocycles. The van der Waals surface area contributed by atoms with Crippen molar-refractivity contribution in [3.63, 3.8) is 0 Å². The number of benzene rings is 1. The lowest BCUT2D eigenvalue weighted by Gasteiger charge is -2.36. The molecule has 3 aromatic rings. The van der Waals surface area contributed by atoms with Gasteiger partial charge in [-0.05, 0) is 44.5 Å². The molecule has 10 heteroatoms. The van der Waals surface area contributed by atoms with Gasteiger partial charge in [-0.15, -0.1) is 0 Å². The van der Waals surface area contributed by atoms with Gasteiger partial charge in [0.05, 0.1) is 7.11 Å². The smallest absolute Gasteiger partial charge is 0.410 e. The van der Waals surface area contributed by atoms with Gasteiger partial charge in [0, 0.05) is 43.3 Å². The summed E-state index contributed by atoms with van der Waals surface area (Å²) in [5, 5.41) is 4.01. The second-order valence-corrected chi connectivity index (χ2v) is 10.1. The molecule has 0 bridgehead atoms. The number of ether oxygens (including phenoxy) is 2. The Labute approximate surface area is 209 Å². The third-order valence-corrected chi connectivity index (χ3v) is 6.08. The quantitative estimate of drug-likeness (QED) is 0.517. The zero-order valence-corrected chi connectivity index (χ0v) is 21.2. The lowest BCUT2D eigenvalue weighted by molar-refractivity contribution is 0.0240. The van der Waals surface area contributed by atoms with Crippen LogP contribution in [0.25, 0.3) is 12.2 Å². The minimum Gasteiger partial charge on any atom is -0.497 e. The lowest BCUT2D eigenvalue weighted by Crippen LogP contribution is -2.50. The fourth-order valence-corrected chi connectivity index (χ4v) is 4.21. The van der Waals surface area contributed by atoms with E-state index in [0.717, 1.165) is 27.1 Å². The summed E-state index contributed by atoms with van der Waals surface area (Å²) in [7, 11) is 1.66. The highest BCUT2D eigenvalue weighted by atomic mass is 32.1. The average molecular weight is 495 g/mol. The number of anilines is 3. The molecule has 1 saturated heterocycles. The second-order valence-electron chi connectivity index (χ2n) is 9.02. The molecule has 1 aliphatic rings. The average Bonchev–Trinajstić information content (AvgIpc) is 3.29. The van der Waals surface area contributed by atoms with Crippen LogP contribution in [-0.4, -0.2) is 64.8 Å². The Hall–Kier alpha value is -3.66. The fraction of sp³-hybridized carbons (Fsp3) is 0.360. The van der Waals surface area contributed by atoms with Gasteiger partial charge in [0.15, 0.2) is 5.13 Å². The van der Waals surface area contributed by atoms with E-state index in [1.165, 1.54) is 17.7 Å². The number of nitrogens with one attached hydrogen (secondary N) is 1. The standard InChI is InChI=1S/C25H30N6O3S/c1-25(2,3)34-24(32)31-12-10-30(11-13-31)22-15-21(27-17-28-22)29-23-26-16-20(35-23)9-8-18-6-5-7-19(14-18)33-4/h5-9,14-17H,10-13H2,1-4H3,(H,26,27,28,29)/b9-8+. The van der Waals surface area contributed by atoms with Crippen molar-refractivity contribution in [3.05, 3.63) is 53.3 Å². The predicted molar refractivity (Wildman–Crippen MR) is 139 cm³/mol. The third-order valence-electron chi connectivity index (χ3n) is 5.20. The van der Waals surface area contributed by atoms with Gasteiger partial charge in [-0.2, -0.15) is 0 Å². The highest BCUT2D eigenvalue weighted by Crippen LogP contribution is 2.25. The van der Waals surface area contributed by atoms with Gasteiger partial charge in [0.2, 0.25) is 0 Å². The largest absolute Gasteiger partial charge is 0.497 e. The number of carbonyl (C=O) groups is 1.